The minimum Gasteiger partial charge on any atom is -0.492 e. The molecular formula is C15H18N4O2. The zero-order chi connectivity index (χ0) is 14.9. The molecule has 110 valence electrons. The number of amidine groups is 1. The predicted molar refractivity (Wildman–Crippen MR) is 80.4 cm³/mol. The summed E-state index contributed by atoms with van der Waals surface area (Å²) < 4.78 is 5.58. The van der Waals surface area contributed by atoms with E-state index in [9.17, 15) is 0 Å². The van der Waals surface area contributed by atoms with Crippen LogP contribution < -0.4 is 15.8 Å². The van der Waals surface area contributed by atoms with Gasteiger partial charge in [0.1, 0.15) is 18.1 Å². The van der Waals surface area contributed by atoms with Crippen LogP contribution in [-0.4, -0.2) is 29.2 Å². The molecule has 1 aromatic heterocycles. The van der Waals surface area contributed by atoms with Crippen molar-refractivity contribution in [1.82, 2.24) is 10.3 Å². The third-order valence-electron chi connectivity index (χ3n) is 2.81. The highest BCUT2D eigenvalue weighted by atomic mass is 16.5. The Labute approximate surface area is 123 Å². The summed E-state index contributed by atoms with van der Waals surface area (Å²) in [6.45, 7) is 1.96. The highest BCUT2D eigenvalue weighted by Crippen LogP contribution is 2.07. The first-order chi connectivity index (χ1) is 10.3. The summed E-state index contributed by atoms with van der Waals surface area (Å²) in [6, 6.07) is 13.3. The number of nitrogens with two attached hydrogens (primary N) is 1. The van der Waals surface area contributed by atoms with E-state index in [1.165, 1.54) is 0 Å². The van der Waals surface area contributed by atoms with Crippen LogP contribution in [0.3, 0.4) is 0 Å². The number of rotatable bonds is 7. The minimum atomic E-state index is 0.00395. The van der Waals surface area contributed by atoms with Gasteiger partial charge in [0.2, 0.25) is 0 Å². The second-order valence-electron chi connectivity index (χ2n) is 4.37. The van der Waals surface area contributed by atoms with Crippen molar-refractivity contribution in [1.29, 1.82) is 0 Å². The fourth-order valence-corrected chi connectivity index (χ4v) is 1.77. The summed E-state index contributed by atoms with van der Waals surface area (Å²) in [7, 11) is 0. The molecule has 0 spiro atoms. The van der Waals surface area contributed by atoms with Crippen molar-refractivity contribution in [2.24, 2.45) is 10.9 Å². The molecular weight excluding hydrogens is 268 g/mol. The van der Waals surface area contributed by atoms with Crippen LogP contribution in [0.2, 0.25) is 0 Å². The number of nitrogens with one attached hydrogen (secondary N) is 1. The summed E-state index contributed by atoms with van der Waals surface area (Å²) >= 11 is 0. The zero-order valence-electron chi connectivity index (χ0n) is 11.6. The number of benzene rings is 1. The van der Waals surface area contributed by atoms with E-state index < -0.39 is 0 Å². The molecule has 0 fully saturated rings. The molecule has 2 aromatic rings. The fraction of sp³-hybridized carbons (Fsp3) is 0.200. The molecule has 0 bridgehead atoms. The average Bonchev–Trinajstić information content (AvgIpc) is 2.55. The molecule has 21 heavy (non-hydrogen) atoms. The summed E-state index contributed by atoms with van der Waals surface area (Å²) in [4.78, 5) is 4.03. The molecule has 1 aromatic carbocycles. The van der Waals surface area contributed by atoms with Crippen LogP contribution in [0.25, 0.3) is 0 Å². The van der Waals surface area contributed by atoms with Gasteiger partial charge in [-0.05, 0) is 29.8 Å². The zero-order valence-corrected chi connectivity index (χ0v) is 11.6. The summed E-state index contributed by atoms with van der Waals surface area (Å²) in [5, 5.41) is 14.8. The third-order valence-corrected chi connectivity index (χ3v) is 2.81. The minimum absolute atomic E-state index is 0.00395. The van der Waals surface area contributed by atoms with Crippen molar-refractivity contribution in [3.05, 3.63) is 59.9 Å². The van der Waals surface area contributed by atoms with Crippen LogP contribution in [-0.2, 0) is 6.54 Å². The first-order valence-corrected chi connectivity index (χ1v) is 6.61. The predicted octanol–water partition coefficient (Wildman–Crippen LogP) is 1.34. The molecule has 1 heterocycles. The number of aromatic nitrogens is 1. The normalized spacial score (nSPS) is 11.3. The Morgan fingerprint density at radius 3 is 2.86 bits per heavy atom. The molecule has 0 atom stereocenters. The maximum absolute atomic E-state index is 8.62. The van der Waals surface area contributed by atoms with E-state index in [2.05, 4.69) is 15.5 Å². The number of hydrogen-bond donors (Lipinski definition) is 3. The molecule has 0 aliphatic carbocycles. The molecule has 6 heteroatoms. The molecule has 0 aliphatic heterocycles. The molecule has 0 saturated carbocycles. The third kappa shape index (κ3) is 4.77. The second-order valence-corrected chi connectivity index (χ2v) is 4.37. The maximum atomic E-state index is 8.62. The van der Waals surface area contributed by atoms with E-state index in [1.807, 2.05) is 36.4 Å². The monoisotopic (exact) mass is 286 g/mol. The van der Waals surface area contributed by atoms with Crippen LogP contribution in [0.1, 0.15) is 11.3 Å². The van der Waals surface area contributed by atoms with Gasteiger partial charge in [-0.25, -0.2) is 0 Å². The van der Waals surface area contributed by atoms with Gasteiger partial charge in [0, 0.05) is 19.3 Å². The Bertz CT molecular complexity index is 587. The topological polar surface area (TPSA) is 92.8 Å². The molecule has 0 aliphatic rings. The number of pyridine rings is 1. The van der Waals surface area contributed by atoms with E-state index >= 15 is 0 Å². The van der Waals surface area contributed by atoms with Crippen molar-refractivity contribution >= 4 is 5.84 Å². The first kappa shape index (κ1) is 14.8. The molecule has 6 nitrogen and oxygen atoms in total. The van der Waals surface area contributed by atoms with E-state index in [1.54, 1.807) is 12.3 Å². The SMILES string of the molecule is NC(=NO)c1cc(CNCCOc2ccccc2)ccn1. The van der Waals surface area contributed by atoms with Crippen LogP contribution in [0.5, 0.6) is 5.75 Å². The Morgan fingerprint density at radius 1 is 1.29 bits per heavy atom. The summed E-state index contributed by atoms with van der Waals surface area (Å²) in [5.41, 5.74) is 6.96. The van der Waals surface area contributed by atoms with Crippen LogP contribution in [0.15, 0.2) is 53.8 Å². The standard InChI is InChI=1S/C15H18N4O2/c16-15(19-20)14-10-12(6-7-18-14)11-17-8-9-21-13-4-2-1-3-5-13/h1-7,10,17,20H,8-9,11H2,(H2,16,19). The van der Waals surface area contributed by atoms with Crippen molar-refractivity contribution in [3.63, 3.8) is 0 Å². The lowest BCUT2D eigenvalue weighted by molar-refractivity contribution is 0.313. The van der Waals surface area contributed by atoms with Gasteiger partial charge in [-0.15, -0.1) is 0 Å². The lowest BCUT2D eigenvalue weighted by Crippen LogP contribution is -2.21. The van der Waals surface area contributed by atoms with E-state index in [4.69, 9.17) is 15.7 Å². The largest absolute Gasteiger partial charge is 0.492 e. The Morgan fingerprint density at radius 2 is 2.10 bits per heavy atom. The number of oxime groups is 1. The number of para-hydroxylation sites is 1. The van der Waals surface area contributed by atoms with Gasteiger partial charge in [0.25, 0.3) is 0 Å². The molecule has 4 N–H and O–H groups in total. The van der Waals surface area contributed by atoms with E-state index in [0.29, 0.717) is 18.8 Å². The maximum Gasteiger partial charge on any atom is 0.188 e. The lowest BCUT2D eigenvalue weighted by Gasteiger charge is -2.08. The molecule has 0 amide bonds. The first-order valence-electron chi connectivity index (χ1n) is 6.61. The number of ether oxygens (including phenoxy) is 1. The van der Waals surface area contributed by atoms with Crippen LogP contribution >= 0.6 is 0 Å². The second kappa shape index (κ2) is 7.86. The van der Waals surface area contributed by atoms with Crippen LogP contribution in [0.4, 0.5) is 0 Å². The Balaban J connectivity index is 1.74. The van der Waals surface area contributed by atoms with Gasteiger partial charge < -0.3 is 21.0 Å². The number of hydrogen-bond acceptors (Lipinski definition) is 5. The molecule has 2 rings (SSSR count). The fourth-order valence-electron chi connectivity index (χ4n) is 1.77. The van der Waals surface area contributed by atoms with Gasteiger partial charge in [-0.1, -0.05) is 23.4 Å². The summed E-state index contributed by atoms with van der Waals surface area (Å²) in [5.74, 6) is 0.863. The molecule has 0 unspecified atom stereocenters. The highest BCUT2D eigenvalue weighted by molar-refractivity contribution is 5.95. The Hall–Kier alpha value is -2.60. The van der Waals surface area contributed by atoms with Gasteiger partial charge in [-0.2, -0.15) is 0 Å². The Kier molecular flexibility index (Phi) is 5.54. The van der Waals surface area contributed by atoms with Gasteiger partial charge in [0.15, 0.2) is 5.84 Å². The lowest BCUT2D eigenvalue weighted by atomic mass is 10.2. The average molecular weight is 286 g/mol. The van der Waals surface area contributed by atoms with Crippen LogP contribution in [0, 0.1) is 0 Å². The molecule has 0 saturated heterocycles. The summed E-state index contributed by atoms with van der Waals surface area (Å²) in [6.07, 6.45) is 1.63. The number of nitrogens with zero attached hydrogens (tertiary/aromatic N) is 2. The van der Waals surface area contributed by atoms with Crippen molar-refractivity contribution in [2.75, 3.05) is 13.2 Å². The van der Waals surface area contributed by atoms with Crippen molar-refractivity contribution in [3.8, 4) is 5.75 Å². The van der Waals surface area contributed by atoms with E-state index in [0.717, 1.165) is 17.9 Å². The highest BCUT2D eigenvalue weighted by Gasteiger charge is 2.02. The molecule has 0 radical (unpaired) electrons. The van der Waals surface area contributed by atoms with Gasteiger partial charge in [0.05, 0.1) is 0 Å². The smallest absolute Gasteiger partial charge is 0.188 e. The van der Waals surface area contributed by atoms with Crippen molar-refractivity contribution < 1.29 is 9.94 Å². The van der Waals surface area contributed by atoms with Gasteiger partial charge >= 0.3 is 0 Å². The van der Waals surface area contributed by atoms with Crippen molar-refractivity contribution in [2.45, 2.75) is 6.54 Å². The van der Waals surface area contributed by atoms with E-state index in [-0.39, 0.29) is 5.84 Å². The quantitative estimate of drug-likeness (QED) is 0.235. The van der Waals surface area contributed by atoms with Gasteiger partial charge in [-0.3, -0.25) is 4.98 Å².